The maximum absolute atomic E-state index is 2.84. The van der Waals surface area contributed by atoms with Crippen molar-refractivity contribution in [3.8, 4) is 0 Å². The zero-order valence-corrected chi connectivity index (χ0v) is 13.2. The van der Waals surface area contributed by atoms with E-state index in [0.717, 1.165) is 23.4 Å². The van der Waals surface area contributed by atoms with Gasteiger partial charge in [0.05, 0.1) is 0 Å². The summed E-state index contributed by atoms with van der Waals surface area (Å²) in [4.78, 5) is 5.52. The molecule has 1 spiro atoms. The number of hydrogen-bond donors (Lipinski definition) is 0. The fraction of sp³-hybridized carbons (Fsp3) is 1.00. The van der Waals surface area contributed by atoms with E-state index in [1.807, 2.05) is 0 Å². The Bertz CT molecular complexity index is 296. The Morgan fingerprint density at radius 2 is 1.68 bits per heavy atom. The van der Waals surface area contributed by atoms with E-state index in [-0.39, 0.29) is 0 Å². The van der Waals surface area contributed by atoms with Gasteiger partial charge in [-0.1, -0.05) is 13.3 Å². The van der Waals surface area contributed by atoms with Gasteiger partial charge in [0.15, 0.2) is 0 Å². The van der Waals surface area contributed by atoms with Crippen molar-refractivity contribution in [2.24, 2.45) is 11.3 Å². The SMILES string of the molecule is CCC1CCN(C2CC23CCN(C(C)C)CC3)CC1. The quantitative estimate of drug-likeness (QED) is 0.771. The van der Waals surface area contributed by atoms with Crippen molar-refractivity contribution in [3.63, 3.8) is 0 Å². The molecule has 0 bridgehead atoms. The molecule has 1 aliphatic carbocycles. The Balaban J connectivity index is 1.49. The molecule has 110 valence electrons. The molecular formula is C17H32N2. The first-order chi connectivity index (χ1) is 9.14. The van der Waals surface area contributed by atoms with Gasteiger partial charge in [0.1, 0.15) is 0 Å². The normalized spacial score (nSPS) is 33.2. The largest absolute Gasteiger partial charge is 0.301 e. The highest BCUT2D eigenvalue weighted by molar-refractivity contribution is 5.11. The van der Waals surface area contributed by atoms with Crippen LogP contribution in [0.5, 0.6) is 0 Å². The molecule has 1 atom stereocenters. The molecule has 0 N–H and O–H groups in total. The summed E-state index contributed by atoms with van der Waals surface area (Å²) in [5.41, 5.74) is 0.741. The summed E-state index contributed by atoms with van der Waals surface area (Å²) < 4.78 is 0. The highest BCUT2D eigenvalue weighted by atomic mass is 15.2. The van der Waals surface area contributed by atoms with Crippen LogP contribution in [0, 0.1) is 11.3 Å². The van der Waals surface area contributed by atoms with Gasteiger partial charge in [-0.25, -0.2) is 0 Å². The smallest absolute Gasteiger partial charge is 0.0159 e. The van der Waals surface area contributed by atoms with Gasteiger partial charge >= 0.3 is 0 Å². The molecule has 19 heavy (non-hydrogen) atoms. The number of hydrogen-bond acceptors (Lipinski definition) is 2. The van der Waals surface area contributed by atoms with Crippen molar-refractivity contribution in [1.29, 1.82) is 0 Å². The molecule has 3 rings (SSSR count). The molecule has 1 saturated carbocycles. The predicted molar refractivity (Wildman–Crippen MR) is 81.4 cm³/mol. The van der Waals surface area contributed by atoms with Crippen molar-refractivity contribution in [2.75, 3.05) is 26.2 Å². The van der Waals surface area contributed by atoms with Crippen molar-refractivity contribution in [2.45, 2.75) is 71.4 Å². The van der Waals surface area contributed by atoms with Gasteiger partial charge in [-0.15, -0.1) is 0 Å². The third-order valence-electron chi connectivity index (χ3n) is 6.34. The van der Waals surface area contributed by atoms with Crippen molar-refractivity contribution >= 4 is 0 Å². The summed E-state index contributed by atoms with van der Waals surface area (Å²) >= 11 is 0. The minimum Gasteiger partial charge on any atom is -0.301 e. The van der Waals surface area contributed by atoms with E-state index in [0.29, 0.717) is 0 Å². The second kappa shape index (κ2) is 5.37. The topological polar surface area (TPSA) is 6.48 Å². The summed E-state index contributed by atoms with van der Waals surface area (Å²) in [6.07, 6.45) is 8.75. The average Bonchev–Trinajstić information content (AvgIpc) is 3.13. The van der Waals surface area contributed by atoms with Gasteiger partial charge in [-0.05, 0) is 83.5 Å². The summed E-state index contributed by atoms with van der Waals surface area (Å²) in [5, 5.41) is 0. The standard InChI is InChI=1S/C17H32N2/c1-4-15-5-9-19(10-6-15)16-13-17(16)7-11-18(12-8-17)14(2)3/h14-16H,4-13H2,1-3H3. The molecule has 2 heteroatoms. The van der Waals surface area contributed by atoms with Crippen LogP contribution in [0.2, 0.25) is 0 Å². The van der Waals surface area contributed by atoms with Crippen LogP contribution in [-0.4, -0.2) is 48.1 Å². The first-order valence-corrected chi connectivity index (χ1v) is 8.63. The lowest BCUT2D eigenvalue weighted by molar-refractivity contribution is 0.101. The summed E-state index contributed by atoms with van der Waals surface area (Å²) in [6.45, 7) is 12.5. The van der Waals surface area contributed by atoms with Crippen molar-refractivity contribution < 1.29 is 0 Å². The molecule has 1 unspecified atom stereocenters. The number of piperidine rings is 2. The lowest BCUT2D eigenvalue weighted by Gasteiger charge is -2.38. The fourth-order valence-corrected chi connectivity index (χ4v) is 4.54. The van der Waals surface area contributed by atoms with Crippen LogP contribution in [-0.2, 0) is 0 Å². The molecule has 0 aromatic heterocycles. The molecule has 2 heterocycles. The van der Waals surface area contributed by atoms with E-state index in [1.165, 1.54) is 64.7 Å². The molecule has 0 radical (unpaired) electrons. The van der Waals surface area contributed by atoms with Crippen molar-refractivity contribution in [1.82, 2.24) is 9.80 Å². The molecule has 2 nitrogen and oxygen atoms in total. The van der Waals surface area contributed by atoms with Gasteiger partial charge in [0, 0.05) is 12.1 Å². The maximum Gasteiger partial charge on any atom is 0.0159 e. The van der Waals surface area contributed by atoms with Crippen LogP contribution >= 0.6 is 0 Å². The summed E-state index contributed by atoms with van der Waals surface area (Å²) in [7, 11) is 0. The first-order valence-electron chi connectivity index (χ1n) is 8.63. The molecule has 0 aromatic rings. The molecule has 2 aliphatic heterocycles. The van der Waals surface area contributed by atoms with Crippen LogP contribution < -0.4 is 0 Å². The van der Waals surface area contributed by atoms with Gasteiger partial charge in [0.25, 0.3) is 0 Å². The van der Waals surface area contributed by atoms with Crippen molar-refractivity contribution in [3.05, 3.63) is 0 Å². The molecule has 0 amide bonds. The Hall–Kier alpha value is -0.0800. The van der Waals surface area contributed by atoms with Crippen LogP contribution in [0.1, 0.15) is 59.3 Å². The number of rotatable bonds is 3. The third-order valence-corrected chi connectivity index (χ3v) is 6.34. The monoisotopic (exact) mass is 264 g/mol. The molecule has 2 saturated heterocycles. The zero-order valence-electron chi connectivity index (χ0n) is 13.2. The van der Waals surface area contributed by atoms with Crippen LogP contribution in [0.25, 0.3) is 0 Å². The van der Waals surface area contributed by atoms with E-state index >= 15 is 0 Å². The minimum absolute atomic E-state index is 0.741. The molecule has 0 aromatic carbocycles. The van der Waals surface area contributed by atoms with E-state index in [9.17, 15) is 0 Å². The van der Waals surface area contributed by atoms with Gasteiger partial charge < -0.3 is 4.90 Å². The number of likely N-dealkylation sites (tertiary alicyclic amines) is 2. The molecule has 3 aliphatic rings. The predicted octanol–water partition coefficient (Wildman–Crippen LogP) is 3.37. The average molecular weight is 264 g/mol. The van der Waals surface area contributed by atoms with E-state index in [1.54, 1.807) is 0 Å². The lowest BCUT2D eigenvalue weighted by atomic mass is 9.90. The van der Waals surface area contributed by atoms with Gasteiger partial charge in [-0.2, -0.15) is 0 Å². The van der Waals surface area contributed by atoms with Crippen LogP contribution in [0.15, 0.2) is 0 Å². The highest BCUT2D eigenvalue weighted by Gasteiger charge is 2.57. The van der Waals surface area contributed by atoms with E-state index < -0.39 is 0 Å². The fourth-order valence-electron chi connectivity index (χ4n) is 4.54. The number of nitrogens with zero attached hydrogens (tertiary/aromatic N) is 2. The van der Waals surface area contributed by atoms with Crippen LogP contribution in [0.4, 0.5) is 0 Å². The Morgan fingerprint density at radius 3 is 2.21 bits per heavy atom. The van der Waals surface area contributed by atoms with Crippen LogP contribution in [0.3, 0.4) is 0 Å². The summed E-state index contributed by atoms with van der Waals surface area (Å²) in [6, 6.07) is 1.70. The minimum atomic E-state index is 0.741. The summed E-state index contributed by atoms with van der Waals surface area (Å²) in [5.74, 6) is 1.02. The van der Waals surface area contributed by atoms with Gasteiger partial charge in [0.2, 0.25) is 0 Å². The second-order valence-corrected chi connectivity index (χ2v) is 7.60. The van der Waals surface area contributed by atoms with E-state index in [2.05, 4.69) is 30.6 Å². The molecule has 3 fully saturated rings. The third kappa shape index (κ3) is 2.71. The van der Waals surface area contributed by atoms with E-state index in [4.69, 9.17) is 0 Å². The Kier molecular flexibility index (Phi) is 3.92. The Labute approximate surface area is 119 Å². The maximum atomic E-state index is 2.84. The highest BCUT2D eigenvalue weighted by Crippen LogP contribution is 2.57. The molecular weight excluding hydrogens is 232 g/mol. The Morgan fingerprint density at radius 1 is 1.05 bits per heavy atom. The zero-order chi connectivity index (χ0) is 13.5. The van der Waals surface area contributed by atoms with Gasteiger partial charge in [-0.3, -0.25) is 4.90 Å². The second-order valence-electron chi connectivity index (χ2n) is 7.60. The first kappa shape index (κ1) is 13.9. The lowest BCUT2D eigenvalue weighted by Crippen LogP contribution is -2.43.